The quantitative estimate of drug-likeness (QED) is 0.850. The SMILES string of the molecule is CC(C)c1nc(N)c2cc(Br)ccn12. The summed E-state index contributed by atoms with van der Waals surface area (Å²) in [5, 5.41) is 0. The fraction of sp³-hybridized carbons (Fsp3) is 0.300. The molecule has 0 radical (unpaired) electrons. The Balaban J connectivity index is 2.77. The van der Waals surface area contributed by atoms with Crippen molar-refractivity contribution < 1.29 is 0 Å². The number of nitrogens with two attached hydrogens (primary N) is 1. The Hall–Kier alpha value is -1.03. The molecular formula is C10H12BrN3. The highest BCUT2D eigenvalue weighted by Crippen LogP contribution is 2.23. The normalized spacial score (nSPS) is 11.4. The minimum absolute atomic E-state index is 0.376. The van der Waals surface area contributed by atoms with Crippen LogP contribution in [-0.2, 0) is 0 Å². The van der Waals surface area contributed by atoms with E-state index >= 15 is 0 Å². The minimum atomic E-state index is 0.376. The van der Waals surface area contributed by atoms with E-state index in [-0.39, 0.29) is 0 Å². The average molecular weight is 254 g/mol. The summed E-state index contributed by atoms with van der Waals surface area (Å²) in [5.74, 6) is 1.97. The van der Waals surface area contributed by atoms with E-state index in [2.05, 4.69) is 34.8 Å². The van der Waals surface area contributed by atoms with Crippen LogP contribution in [0.3, 0.4) is 0 Å². The Morgan fingerprint density at radius 3 is 2.86 bits per heavy atom. The van der Waals surface area contributed by atoms with E-state index in [0.717, 1.165) is 15.8 Å². The summed E-state index contributed by atoms with van der Waals surface area (Å²) in [6, 6.07) is 3.97. The third-order valence-corrected chi connectivity index (χ3v) is 2.67. The summed E-state index contributed by atoms with van der Waals surface area (Å²) in [6.45, 7) is 4.21. The highest BCUT2D eigenvalue weighted by atomic mass is 79.9. The number of imidazole rings is 1. The van der Waals surface area contributed by atoms with Gasteiger partial charge in [0.15, 0.2) is 0 Å². The molecule has 0 aromatic carbocycles. The van der Waals surface area contributed by atoms with E-state index in [1.807, 2.05) is 22.7 Å². The fourth-order valence-corrected chi connectivity index (χ4v) is 1.85. The molecule has 2 heterocycles. The van der Waals surface area contributed by atoms with Gasteiger partial charge in [0, 0.05) is 16.6 Å². The van der Waals surface area contributed by atoms with Crippen LogP contribution >= 0.6 is 15.9 Å². The predicted molar refractivity (Wildman–Crippen MR) is 61.4 cm³/mol. The molecule has 2 N–H and O–H groups in total. The van der Waals surface area contributed by atoms with Crippen LogP contribution in [0, 0.1) is 0 Å². The van der Waals surface area contributed by atoms with E-state index < -0.39 is 0 Å². The molecule has 74 valence electrons. The number of hydrogen-bond donors (Lipinski definition) is 1. The van der Waals surface area contributed by atoms with Crippen LogP contribution in [0.25, 0.3) is 5.52 Å². The summed E-state index contributed by atoms with van der Waals surface area (Å²) in [5.41, 5.74) is 6.79. The second kappa shape index (κ2) is 3.28. The second-order valence-electron chi connectivity index (χ2n) is 3.61. The van der Waals surface area contributed by atoms with Gasteiger partial charge in [-0.05, 0) is 12.1 Å². The molecule has 0 aliphatic carbocycles. The van der Waals surface area contributed by atoms with Gasteiger partial charge in [-0.2, -0.15) is 0 Å². The predicted octanol–water partition coefficient (Wildman–Crippen LogP) is 2.80. The Morgan fingerprint density at radius 2 is 2.21 bits per heavy atom. The van der Waals surface area contributed by atoms with Gasteiger partial charge in [-0.15, -0.1) is 0 Å². The molecule has 0 saturated heterocycles. The number of pyridine rings is 1. The van der Waals surface area contributed by atoms with Gasteiger partial charge in [-0.3, -0.25) is 0 Å². The molecule has 0 aliphatic heterocycles. The lowest BCUT2D eigenvalue weighted by Crippen LogP contribution is -1.95. The molecule has 0 atom stereocenters. The van der Waals surface area contributed by atoms with E-state index in [4.69, 9.17) is 5.73 Å². The number of rotatable bonds is 1. The van der Waals surface area contributed by atoms with Crippen molar-refractivity contribution >= 4 is 27.3 Å². The molecule has 0 spiro atoms. The molecule has 0 saturated carbocycles. The molecule has 2 rings (SSSR count). The smallest absolute Gasteiger partial charge is 0.149 e. The van der Waals surface area contributed by atoms with E-state index in [9.17, 15) is 0 Å². The van der Waals surface area contributed by atoms with Crippen molar-refractivity contribution in [2.24, 2.45) is 0 Å². The molecule has 14 heavy (non-hydrogen) atoms. The van der Waals surface area contributed by atoms with Gasteiger partial charge >= 0.3 is 0 Å². The molecule has 3 nitrogen and oxygen atoms in total. The number of anilines is 1. The average Bonchev–Trinajstić information content (AvgIpc) is 2.44. The lowest BCUT2D eigenvalue weighted by Gasteiger charge is -2.03. The van der Waals surface area contributed by atoms with Crippen molar-refractivity contribution in [2.75, 3.05) is 5.73 Å². The lowest BCUT2D eigenvalue weighted by atomic mass is 10.2. The monoisotopic (exact) mass is 253 g/mol. The lowest BCUT2D eigenvalue weighted by molar-refractivity contribution is 0.771. The maximum Gasteiger partial charge on any atom is 0.149 e. The van der Waals surface area contributed by atoms with Crippen LogP contribution < -0.4 is 5.73 Å². The number of halogens is 1. The summed E-state index contributed by atoms with van der Waals surface area (Å²) in [7, 11) is 0. The second-order valence-corrected chi connectivity index (χ2v) is 4.53. The van der Waals surface area contributed by atoms with Crippen LogP contribution in [0.1, 0.15) is 25.6 Å². The summed E-state index contributed by atoms with van der Waals surface area (Å²) in [4.78, 5) is 4.35. The van der Waals surface area contributed by atoms with Crippen molar-refractivity contribution in [3.63, 3.8) is 0 Å². The Morgan fingerprint density at radius 1 is 1.50 bits per heavy atom. The van der Waals surface area contributed by atoms with Crippen molar-refractivity contribution in [3.05, 3.63) is 28.6 Å². The van der Waals surface area contributed by atoms with Gasteiger partial charge in [-0.25, -0.2) is 4.98 Å². The number of fused-ring (bicyclic) bond motifs is 1. The molecule has 2 aromatic rings. The van der Waals surface area contributed by atoms with Gasteiger partial charge in [-0.1, -0.05) is 29.8 Å². The third kappa shape index (κ3) is 1.39. The highest BCUT2D eigenvalue weighted by Gasteiger charge is 2.11. The van der Waals surface area contributed by atoms with Gasteiger partial charge in [0.05, 0.1) is 5.52 Å². The summed E-state index contributed by atoms with van der Waals surface area (Å²) >= 11 is 3.42. The number of nitrogen functional groups attached to an aromatic ring is 1. The third-order valence-electron chi connectivity index (χ3n) is 2.18. The van der Waals surface area contributed by atoms with Crippen molar-refractivity contribution in [1.29, 1.82) is 0 Å². The molecule has 0 bridgehead atoms. The zero-order valence-corrected chi connectivity index (χ0v) is 9.75. The maximum atomic E-state index is 5.83. The topological polar surface area (TPSA) is 43.3 Å². The van der Waals surface area contributed by atoms with Crippen molar-refractivity contribution in [3.8, 4) is 0 Å². The van der Waals surface area contributed by atoms with Crippen LogP contribution in [0.5, 0.6) is 0 Å². The maximum absolute atomic E-state index is 5.83. The van der Waals surface area contributed by atoms with Crippen LogP contribution in [0.15, 0.2) is 22.8 Å². The van der Waals surface area contributed by atoms with E-state index in [0.29, 0.717) is 11.7 Å². The molecule has 0 amide bonds. The van der Waals surface area contributed by atoms with Crippen molar-refractivity contribution in [1.82, 2.24) is 9.38 Å². The van der Waals surface area contributed by atoms with E-state index in [1.54, 1.807) is 0 Å². The summed E-state index contributed by atoms with van der Waals surface area (Å²) in [6.07, 6.45) is 1.98. The first-order valence-electron chi connectivity index (χ1n) is 4.52. The van der Waals surface area contributed by atoms with Gasteiger partial charge in [0.25, 0.3) is 0 Å². The number of nitrogens with zero attached hydrogens (tertiary/aromatic N) is 2. The van der Waals surface area contributed by atoms with Gasteiger partial charge in [0.1, 0.15) is 11.6 Å². The highest BCUT2D eigenvalue weighted by molar-refractivity contribution is 9.10. The zero-order valence-electron chi connectivity index (χ0n) is 8.16. The van der Waals surface area contributed by atoms with Gasteiger partial charge in [0.2, 0.25) is 0 Å². The molecule has 0 aliphatic rings. The Bertz CT molecular complexity index is 473. The molecule has 2 aromatic heterocycles. The number of hydrogen-bond acceptors (Lipinski definition) is 2. The Labute approximate surface area is 91.1 Å². The van der Waals surface area contributed by atoms with Crippen LogP contribution in [-0.4, -0.2) is 9.38 Å². The molecular weight excluding hydrogens is 242 g/mol. The first kappa shape index (κ1) is 9.52. The van der Waals surface area contributed by atoms with Crippen LogP contribution in [0.4, 0.5) is 5.82 Å². The first-order valence-corrected chi connectivity index (χ1v) is 5.32. The fourth-order valence-electron chi connectivity index (χ4n) is 1.51. The standard InChI is InChI=1S/C10H12BrN3/c1-6(2)10-13-9(12)8-5-7(11)3-4-14(8)10/h3-6H,12H2,1-2H3. The summed E-state index contributed by atoms with van der Waals surface area (Å²) < 4.78 is 3.05. The van der Waals surface area contributed by atoms with Crippen molar-refractivity contribution in [2.45, 2.75) is 19.8 Å². The molecule has 0 fully saturated rings. The largest absolute Gasteiger partial charge is 0.382 e. The molecule has 4 heteroatoms. The first-order chi connectivity index (χ1) is 6.59. The minimum Gasteiger partial charge on any atom is -0.382 e. The van der Waals surface area contributed by atoms with E-state index in [1.165, 1.54) is 0 Å². The zero-order chi connectivity index (χ0) is 10.3. The Kier molecular flexibility index (Phi) is 2.23. The van der Waals surface area contributed by atoms with Gasteiger partial charge < -0.3 is 10.1 Å². The van der Waals surface area contributed by atoms with Crippen LogP contribution in [0.2, 0.25) is 0 Å². The molecule has 0 unspecified atom stereocenters. The number of aromatic nitrogens is 2.